The predicted molar refractivity (Wildman–Crippen MR) is 78.0 cm³/mol. The fourth-order valence-corrected chi connectivity index (χ4v) is 1.95. The molecule has 2 aromatic rings. The van der Waals surface area contributed by atoms with Gasteiger partial charge in [-0.2, -0.15) is 0 Å². The minimum absolute atomic E-state index is 0.0430. The van der Waals surface area contributed by atoms with E-state index in [2.05, 4.69) is 0 Å². The Morgan fingerprint density at radius 2 is 1.68 bits per heavy atom. The largest absolute Gasteiger partial charge is 0.493 e. The number of aliphatic hydroxyl groups excluding tert-OH is 1. The second-order valence-electron chi connectivity index (χ2n) is 4.56. The van der Waals surface area contributed by atoms with Gasteiger partial charge in [0.2, 0.25) is 0 Å². The van der Waals surface area contributed by atoms with Gasteiger partial charge in [-0.15, -0.1) is 0 Å². The normalized spacial score (nSPS) is 12.2. The fourth-order valence-electron chi connectivity index (χ4n) is 1.82. The number of aryl methyl sites for hydroxylation is 1. The molecule has 2 rings (SSSR count). The van der Waals surface area contributed by atoms with Gasteiger partial charge < -0.3 is 9.84 Å². The highest BCUT2D eigenvalue weighted by atomic mass is 35.5. The number of rotatable bonds is 5. The first-order chi connectivity index (χ1) is 9.19. The van der Waals surface area contributed by atoms with Crippen molar-refractivity contribution < 1.29 is 9.84 Å². The van der Waals surface area contributed by atoms with Crippen molar-refractivity contribution in [2.45, 2.75) is 12.8 Å². The maximum Gasteiger partial charge on any atom is 0.119 e. The summed E-state index contributed by atoms with van der Waals surface area (Å²) in [4.78, 5) is 0. The minimum Gasteiger partial charge on any atom is -0.493 e. The SMILES string of the molecule is Cc1ccc(OCC(CO)c2ccc(Cl)cc2)cc1. The van der Waals surface area contributed by atoms with Crippen molar-refractivity contribution in [3.8, 4) is 5.75 Å². The van der Waals surface area contributed by atoms with Crippen LogP contribution in [0.25, 0.3) is 0 Å². The van der Waals surface area contributed by atoms with Crippen molar-refractivity contribution in [3.05, 3.63) is 64.7 Å². The van der Waals surface area contributed by atoms with Crippen molar-refractivity contribution in [1.82, 2.24) is 0 Å². The molecule has 0 saturated carbocycles. The third kappa shape index (κ3) is 3.98. The van der Waals surface area contributed by atoms with E-state index in [1.54, 1.807) is 0 Å². The number of aliphatic hydroxyl groups is 1. The maximum absolute atomic E-state index is 9.46. The van der Waals surface area contributed by atoms with Crippen LogP contribution in [0.3, 0.4) is 0 Å². The zero-order valence-corrected chi connectivity index (χ0v) is 11.6. The van der Waals surface area contributed by atoms with Crippen LogP contribution in [0.5, 0.6) is 5.75 Å². The quantitative estimate of drug-likeness (QED) is 0.900. The molecular formula is C16H17ClO2. The summed E-state index contributed by atoms with van der Waals surface area (Å²) in [6.07, 6.45) is 0. The summed E-state index contributed by atoms with van der Waals surface area (Å²) in [5.74, 6) is 0.775. The summed E-state index contributed by atoms with van der Waals surface area (Å²) in [6, 6.07) is 15.4. The smallest absolute Gasteiger partial charge is 0.119 e. The lowest BCUT2D eigenvalue weighted by molar-refractivity contribution is 0.205. The highest BCUT2D eigenvalue weighted by Gasteiger charge is 2.11. The van der Waals surface area contributed by atoms with Gasteiger partial charge in [0.25, 0.3) is 0 Å². The first-order valence-corrected chi connectivity index (χ1v) is 6.62. The van der Waals surface area contributed by atoms with E-state index < -0.39 is 0 Å². The van der Waals surface area contributed by atoms with E-state index in [4.69, 9.17) is 16.3 Å². The fraction of sp³-hybridized carbons (Fsp3) is 0.250. The first kappa shape index (κ1) is 13.9. The highest BCUT2D eigenvalue weighted by Crippen LogP contribution is 2.20. The van der Waals surface area contributed by atoms with Gasteiger partial charge in [-0.25, -0.2) is 0 Å². The molecule has 2 nitrogen and oxygen atoms in total. The van der Waals surface area contributed by atoms with Crippen molar-refractivity contribution in [2.24, 2.45) is 0 Å². The van der Waals surface area contributed by atoms with Gasteiger partial charge in [-0.05, 0) is 36.8 Å². The molecule has 0 aliphatic heterocycles. The van der Waals surface area contributed by atoms with Gasteiger partial charge in [-0.1, -0.05) is 41.4 Å². The van der Waals surface area contributed by atoms with Crippen LogP contribution < -0.4 is 4.74 Å². The molecule has 0 heterocycles. The molecule has 0 aromatic heterocycles. The topological polar surface area (TPSA) is 29.5 Å². The molecule has 0 radical (unpaired) electrons. The van der Waals surface area contributed by atoms with Gasteiger partial charge in [0.05, 0.1) is 13.2 Å². The summed E-state index contributed by atoms with van der Waals surface area (Å²) in [7, 11) is 0. The van der Waals surface area contributed by atoms with E-state index in [1.807, 2.05) is 55.5 Å². The van der Waals surface area contributed by atoms with Crippen LogP contribution in [0.4, 0.5) is 0 Å². The number of hydrogen-bond donors (Lipinski definition) is 1. The molecule has 100 valence electrons. The Hall–Kier alpha value is -1.51. The second-order valence-corrected chi connectivity index (χ2v) is 4.99. The van der Waals surface area contributed by atoms with Gasteiger partial charge in [0, 0.05) is 10.9 Å². The standard InChI is InChI=1S/C16H17ClO2/c1-12-2-8-16(9-3-12)19-11-14(10-18)13-4-6-15(17)7-5-13/h2-9,14,18H,10-11H2,1H3. The molecule has 3 heteroatoms. The number of halogens is 1. The van der Waals surface area contributed by atoms with Crippen LogP contribution in [-0.4, -0.2) is 18.3 Å². The third-order valence-electron chi connectivity index (χ3n) is 3.03. The summed E-state index contributed by atoms with van der Waals surface area (Å²) >= 11 is 5.85. The van der Waals surface area contributed by atoms with E-state index in [1.165, 1.54) is 5.56 Å². The van der Waals surface area contributed by atoms with Crippen molar-refractivity contribution in [2.75, 3.05) is 13.2 Å². The monoisotopic (exact) mass is 276 g/mol. The molecule has 0 fully saturated rings. The van der Waals surface area contributed by atoms with E-state index in [9.17, 15) is 5.11 Å². The Morgan fingerprint density at radius 3 is 2.26 bits per heavy atom. The molecule has 1 N–H and O–H groups in total. The molecule has 1 unspecified atom stereocenters. The molecule has 0 saturated heterocycles. The lowest BCUT2D eigenvalue weighted by Crippen LogP contribution is -2.14. The average molecular weight is 277 g/mol. The zero-order chi connectivity index (χ0) is 13.7. The Morgan fingerprint density at radius 1 is 1.05 bits per heavy atom. The summed E-state index contributed by atoms with van der Waals surface area (Å²) < 4.78 is 5.71. The Kier molecular flexibility index (Phi) is 4.83. The lowest BCUT2D eigenvalue weighted by Gasteiger charge is -2.16. The average Bonchev–Trinajstić information content (AvgIpc) is 2.43. The van der Waals surface area contributed by atoms with E-state index in [-0.39, 0.29) is 12.5 Å². The van der Waals surface area contributed by atoms with Gasteiger partial charge in [0.1, 0.15) is 5.75 Å². The Bertz CT molecular complexity index is 505. The molecule has 0 aliphatic rings. The Balaban J connectivity index is 1.99. The molecule has 0 aliphatic carbocycles. The molecule has 2 aromatic carbocycles. The molecule has 0 spiro atoms. The van der Waals surface area contributed by atoms with E-state index in [0.29, 0.717) is 11.6 Å². The second kappa shape index (κ2) is 6.60. The maximum atomic E-state index is 9.46. The van der Waals surface area contributed by atoms with Crippen LogP contribution in [0.2, 0.25) is 5.02 Å². The van der Waals surface area contributed by atoms with Crippen molar-refractivity contribution in [3.63, 3.8) is 0 Å². The Labute approximate surface area is 118 Å². The van der Waals surface area contributed by atoms with Crippen molar-refractivity contribution in [1.29, 1.82) is 0 Å². The van der Waals surface area contributed by atoms with E-state index >= 15 is 0 Å². The first-order valence-electron chi connectivity index (χ1n) is 6.25. The van der Waals surface area contributed by atoms with Gasteiger partial charge in [-0.3, -0.25) is 0 Å². The summed E-state index contributed by atoms with van der Waals surface area (Å²) in [5, 5.41) is 10.2. The third-order valence-corrected chi connectivity index (χ3v) is 3.29. The zero-order valence-electron chi connectivity index (χ0n) is 10.8. The number of hydrogen-bond acceptors (Lipinski definition) is 2. The number of ether oxygens (including phenoxy) is 1. The highest BCUT2D eigenvalue weighted by molar-refractivity contribution is 6.30. The van der Waals surface area contributed by atoms with Crippen LogP contribution in [0.15, 0.2) is 48.5 Å². The molecule has 19 heavy (non-hydrogen) atoms. The van der Waals surface area contributed by atoms with Crippen LogP contribution >= 0.6 is 11.6 Å². The summed E-state index contributed by atoms with van der Waals surface area (Å²) in [5.41, 5.74) is 2.22. The van der Waals surface area contributed by atoms with Crippen LogP contribution in [-0.2, 0) is 0 Å². The molecule has 1 atom stereocenters. The van der Waals surface area contributed by atoms with Crippen molar-refractivity contribution >= 4 is 11.6 Å². The van der Waals surface area contributed by atoms with Gasteiger partial charge in [0.15, 0.2) is 0 Å². The molecule has 0 bridgehead atoms. The molecular weight excluding hydrogens is 260 g/mol. The minimum atomic E-state index is -0.0430. The van der Waals surface area contributed by atoms with Gasteiger partial charge >= 0.3 is 0 Å². The number of benzene rings is 2. The lowest BCUT2D eigenvalue weighted by atomic mass is 10.0. The predicted octanol–water partition coefficient (Wildman–Crippen LogP) is 3.80. The van der Waals surface area contributed by atoms with E-state index in [0.717, 1.165) is 11.3 Å². The summed E-state index contributed by atoms with van der Waals surface area (Å²) in [6.45, 7) is 2.53. The van der Waals surface area contributed by atoms with Crippen LogP contribution in [0.1, 0.15) is 17.0 Å². The van der Waals surface area contributed by atoms with Crippen LogP contribution in [0, 0.1) is 6.92 Å². The molecule has 0 amide bonds.